The van der Waals surface area contributed by atoms with Crippen LogP contribution in [0.4, 0.5) is 4.39 Å². The lowest BCUT2D eigenvalue weighted by atomic mass is 10.1. The number of halogens is 1. The number of hydrogen-bond acceptors (Lipinski definition) is 5. The number of nitrogens with zero attached hydrogens (tertiary/aromatic N) is 4. The first kappa shape index (κ1) is 16.7. The molecule has 7 nitrogen and oxygen atoms in total. The summed E-state index contributed by atoms with van der Waals surface area (Å²) < 4.78 is 31.8. The highest BCUT2D eigenvalue weighted by atomic mass is 32.2. The maximum absolute atomic E-state index is 13.0. The Hall–Kier alpha value is -2.13. The summed E-state index contributed by atoms with van der Waals surface area (Å²) >= 11 is 0. The van der Waals surface area contributed by atoms with Gasteiger partial charge in [0, 0.05) is 12.8 Å². The Morgan fingerprint density at radius 2 is 2.17 bits per heavy atom. The molecule has 1 aromatic heterocycles. The lowest BCUT2D eigenvalue weighted by Gasteiger charge is -2.33. The van der Waals surface area contributed by atoms with Gasteiger partial charge >= 0.3 is 0 Å². The summed E-state index contributed by atoms with van der Waals surface area (Å²) in [6, 6.07) is 6.07. The summed E-state index contributed by atoms with van der Waals surface area (Å²) in [6.45, 7) is 1.29. The standard InChI is InChI=1S/C15H17FN4O3S/c1-24(22)15-18-17-10-20(15)9-14(21)19-6-7-23-13(8-19)11-2-4-12(16)5-3-11/h2-5,10,13H,6-9H2,1H3. The van der Waals surface area contributed by atoms with Crippen molar-refractivity contribution in [3.05, 3.63) is 42.0 Å². The SMILES string of the molecule is CS(=O)c1nncn1CC(=O)N1CCOC(c2ccc(F)cc2)C1. The zero-order valence-corrected chi connectivity index (χ0v) is 13.9. The Morgan fingerprint density at radius 3 is 2.88 bits per heavy atom. The highest BCUT2D eigenvalue weighted by Crippen LogP contribution is 2.22. The van der Waals surface area contributed by atoms with Crippen LogP contribution in [0.2, 0.25) is 0 Å². The van der Waals surface area contributed by atoms with Gasteiger partial charge in [0.1, 0.15) is 24.8 Å². The van der Waals surface area contributed by atoms with E-state index in [9.17, 15) is 13.4 Å². The molecule has 1 fully saturated rings. The summed E-state index contributed by atoms with van der Waals surface area (Å²) in [5.74, 6) is -0.438. The Bertz CT molecular complexity index is 749. The maximum atomic E-state index is 13.0. The van der Waals surface area contributed by atoms with Gasteiger partial charge in [-0.1, -0.05) is 12.1 Å². The normalized spacial score (nSPS) is 19.2. The number of amides is 1. The molecule has 2 heterocycles. The van der Waals surface area contributed by atoms with E-state index in [1.54, 1.807) is 17.0 Å². The van der Waals surface area contributed by atoms with Crippen molar-refractivity contribution in [1.29, 1.82) is 0 Å². The van der Waals surface area contributed by atoms with Gasteiger partial charge in [0.05, 0.1) is 24.0 Å². The third-order valence-corrected chi connectivity index (χ3v) is 4.63. The predicted octanol–water partition coefficient (Wildman–Crippen LogP) is 0.755. The highest BCUT2D eigenvalue weighted by Gasteiger charge is 2.26. The quantitative estimate of drug-likeness (QED) is 0.812. The summed E-state index contributed by atoms with van der Waals surface area (Å²) in [5, 5.41) is 7.74. The molecule has 9 heteroatoms. The van der Waals surface area contributed by atoms with Crippen LogP contribution < -0.4 is 0 Å². The molecule has 24 heavy (non-hydrogen) atoms. The van der Waals surface area contributed by atoms with Gasteiger partial charge in [0.15, 0.2) is 0 Å². The molecule has 0 radical (unpaired) electrons. The van der Waals surface area contributed by atoms with Crippen LogP contribution in [0.1, 0.15) is 11.7 Å². The first-order valence-corrected chi connectivity index (χ1v) is 8.96. The Kier molecular flexibility index (Phi) is 5.00. The summed E-state index contributed by atoms with van der Waals surface area (Å²) in [4.78, 5) is 14.2. The fraction of sp³-hybridized carbons (Fsp3) is 0.400. The minimum Gasteiger partial charge on any atom is -0.370 e. The van der Waals surface area contributed by atoms with Crippen molar-refractivity contribution in [2.75, 3.05) is 26.0 Å². The molecule has 2 aromatic rings. The van der Waals surface area contributed by atoms with Crippen LogP contribution >= 0.6 is 0 Å². The number of hydrogen-bond donors (Lipinski definition) is 0. The largest absolute Gasteiger partial charge is 0.370 e. The van der Waals surface area contributed by atoms with Crippen LogP contribution in [0.25, 0.3) is 0 Å². The molecule has 0 spiro atoms. The Balaban J connectivity index is 1.68. The van der Waals surface area contributed by atoms with Crippen molar-refractivity contribution in [3.63, 3.8) is 0 Å². The first-order chi connectivity index (χ1) is 11.5. The second kappa shape index (κ2) is 7.18. The molecule has 0 aliphatic carbocycles. The average Bonchev–Trinajstić information content (AvgIpc) is 3.04. The van der Waals surface area contributed by atoms with E-state index in [1.807, 2.05) is 0 Å². The minimum absolute atomic E-state index is 0.0258. The molecule has 1 amide bonds. The highest BCUT2D eigenvalue weighted by molar-refractivity contribution is 7.84. The van der Waals surface area contributed by atoms with E-state index in [0.29, 0.717) is 19.7 Å². The molecule has 0 N–H and O–H groups in total. The summed E-state index contributed by atoms with van der Waals surface area (Å²) in [5.41, 5.74) is 0.827. The van der Waals surface area contributed by atoms with E-state index in [4.69, 9.17) is 4.74 Å². The van der Waals surface area contributed by atoms with Crippen molar-refractivity contribution in [2.24, 2.45) is 0 Å². The van der Waals surface area contributed by atoms with E-state index in [1.165, 1.54) is 29.3 Å². The zero-order valence-electron chi connectivity index (χ0n) is 13.1. The van der Waals surface area contributed by atoms with E-state index >= 15 is 0 Å². The monoisotopic (exact) mass is 352 g/mol. The smallest absolute Gasteiger partial charge is 0.242 e. The number of carbonyl (C=O) groups excluding carboxylic acids is 1. The number of morpholine rings is 1. The second-order valence-electron chi connectivity index (χ2n) is 5.45. The number of carbonyl (C=O) groups is 1. The fourth-order valence-corrected chi connectivity index (χ4v) is 3.18. The first-order valence-electron chi connectivity index (χ1n) is 7.40. The van der Waals surface area contributed by atoms with E-state index in [-0.39, 0.29) is 29.5 Å². The Labute approximate surface area is 140 Å². The number of benzene rings is 1. The predicted molar refractivity (Wildman–Crippen MR) is 84.0 cm³/mol. The topological polar surface area (TPSA) is 77.3 Å². The molecule has 1 aliphatic rings. The van der Waals surface area contributed by atoms with Crippen LogP contribution in [0.15, 0.2) is 35.7 Å². The van der Waals surface area contributed by atoms with Crippen LogP contribution in [0, 0.1) is 5.82 Å². The van der Waals surface area contributed by atoms with Crippen molar-refractivity contribution in [1.82, 2.24) is 19.7 Å². The molecular weight excluding hydrogens is 335 g/mol. The van der Waals surface area contributed by atoms with Gasteiger partial charge in [-0.15, -0.1) is 10.2 Å². The average molecular weight is 352 g/mol. The van der Waals surface area contributed by atoms with Gasteiger partial charge in [-0.05, 0) is 17.7 Å². The molecule has 1 aliphatic heterocycles. The van der Waals surface area contributed by atoms with Gasteiger partial charge in [0.25, 0.3) is 0 Å². The van der Waals surface area contributed by atoms with Crippen LogP contribution in [-0.4, -0.2) is 55.7 Å². The molecule has 1 aromatic carbocycles. The molecule has 3 rings (SSSR count). The van der Waals surface area contributed by atoms with Crippen molar-refractivity contribution < 1.29 is 18.1 Å². The van der Waals surface area contributed by atoms with E-state index in [0.717, 1.165) is 5.56 Å². The van der Waals surface area contributed by atoms with Crippen LogP contribution in [0.3, 0.4) is 0 Å². The summed E-state index contributed by atoms with van der Waals surface area (Å²) in [6.07, 6.45) is 2.60. The molecular formula is C15H17FN4O3S. The second-order valence-corrected chi connectivity index (χ2v) is 6.72. The van der Waals surface area contributed by atoms with Gasteiger partial charge < -0.3 is 9.64 Å². The maximum Gasteiger partial charge on any atom is 0.242 e. The molecule has 0 saturated carbocycles. The van der Waals surface area contributed by atoms with Crippen molar-refractivity contribution in [3.8, 4) is 0 Å². The van der Waals surface area contributed by atoms with Gasteiger partial charge in [0.2, 0.25) is 11.1 Å². The van der Waals surface area contributed by atoms with E-state index in [2.05, 4.69) is 10.2 Å². The van der Waals surface area contributed by atoms with Gasteiger partial charge in [-0.3, -0.25) is 13.6 Å². The van der Waals surface area contributed by atoms with Crippen molar-refractivity contribution in [2.45, 2.75) is 17.8 Å². The molecule has 2 atom stereocenters. The summed E-state index contributed by atoms with van der Waals surface area (Å²) in [7, 11) is -1.31. The minimum atomic E-state index is -1.31. The van der Waals surface area contributed by atoms with Gasteiger partial charge in [-0.2, -0.15) is 0 Å². The third kappa shape index (κ3) is 3.68. The lowest BCUT2D eigenvalue weighted by Crippen LogP contribution is -2.43. The fourth-order valence-electron chi connectivity index (χ4n) is 2.58. The zero-order chi connectivity index (χ0) is 17.1. The molecule has 128 valence electrons. The molecule has 1 saturated heterocycles. The van der Waals surface area contributed by atoms with Crippen LogP contribution in [0.5, 0.6) is 0 Å². The number of aromatic nitrogens is 3. The number of ether oxygens (including phenoxy) is 1. The van der Waals surface area contributed by atoms with Gasteiger partial charge in [-0.25, -0.2) is 4.39 Å². The lowest BCUT2D eigenvalue weighted by molar-refractivity contribution is -0.139. The Morgan fingerprint density at radius 1 is 1.42 bits per heavy atom. The van der Waals surface area contributed by atoms with E-state index < -0.39 is 10.8 Å². The molecule has 2 unspecified atom stereocenters. The molecule has 0 bridgehead atoms. The number of rotatable bonds is 4. The third-order valence-electron chi connectivity index (χ3n) is 3.80. The van der Waals surface area contributed by atoms with Crippen LogP contribution in [-0.2, 0) is 26.9 Å². The van der Waals surface area contributed by atoms with Crippen molar-refractivity contribution >= 4 is 16.7 Å².